The Morgan fingerprint density at radius 2 is 2.27 bits per heavy atom. The smallest absolute Gasteiger partial charge is 0.250 e. The molecule has 1 saturated carbocycles. The van der Waals surface area contributed by atoms with E-state index in [1.54, 1.807) is 18.2 Å². The van der Waals surface area contributed by atoms with Gasteiger partial charge < -0.3 is 5.32 Å². The van der Waals surface area contributed by atoms with Gasteiger partial charge in [0.2, 0.25) is 5.92 Å². The summed E-state index contributed by atoms with van der Waals surface area (Å²) in [5.74, 6) is -1.97. The fourth-order valence-corrected chi connectivity index (χ4v) is 1.93. The second kappa shape index (κ2) is 3.93. The SMILES string of the molecule is FC1(F)CCC(Nc2cccc(Cl)n2)C1. The topological polar surface area (TPSA) is 24.9 Å². The van der Waals surface area contributed by atoms with Gasteiger partial charge in [0.25, 0.3) is 0 Å². The van der Waals surface area contributed by atoms with E-state index in [4.69, 9.17) is 11.6 Å². The van der Waals surface area contributed by atoms with Crippen LogP contribution in [0.2, 0.25) is 5.15 Å². The summed E-state index contributed by atoms with van der Waals surface area (Å²) in [7, 11) is 0. The molecule has 0 amide bonds. The van der Waals surface area contributed by atoms with Crippen LogP contribution in [0, 0.1) is 0 Å². The monoisotopic (exact) mass is 232 g/mol. The molecule has 0 saturated heterocycles. The van der Waals surface area contributed by atoms with E-state index in [0.717, 1.165) is 0 Å². The zero-order valence-electron chi connectivity index (χ0n) is 8.01. The summed E-state index contributed by atoms with van der Waals surface area (Å²) in [5.41, 5.74) is 0. The molecule has 0 radical (unpaired) electrons. The number of hydrogen-bond donors (Lipinski definition) is 1. The van der Waals surface area contributed by atoms with Crippen molar-refractivity contribution in [3.05, 3.63) is 23.4 Å². The van der Waals surface area contributed by atoms with Gasteiger partial charge in [0.1, 0.15) is 11.0 Å². The Labute approximate surface area is 91.7 Å². The van der Waals surface area contributed by atoms with E-state index < -0.39 is 5.92 Å². The third-order valence-electron chi connectivity index (χ3n) is 2.47. The molecule has 1 aromatic rings. The predicted octanol–water partition coefficient (Wildman–Crippen LogP) is 3.33. The van der Waals surface area contributed by atoms with Gasteiger partial charge in [-0.2, -0.15) is 0 Å². The first kappa shape index (κ1) is 10.6. The van der Waals surface area contributed by atoms with Gasteiger partial charge in [-0.3, -0.25) is 0 Å². The first-order valence-electron chi connectivity index (χ1n) is 4.82. The molecule has 5 heteroatoms. The molecule has 1 unspecified atom stereocenters. The number of hydrogen-bond acceptors (Lipinski definition) is 2. The van der Waals surface area contributed by atoms with Gasteiger partial charge in [-0.25, -0.2) is 13.8 Å². The van der Waals surface area contributed by atoms with Gasteiger partial charge in [0.05, 0.1) is 0 Å². The highest BCUT2D eigenvalue weighted by atomic mass is 35.5. The predicted molar refractivity (Wildman–Crippen MR) is 55.5 cm³/mol. The average molecular weight is 233 g/mol. The zero-order valence-corrected chi connectivity index (χ0v) is 8.77. The number of rotatable bonds is 2. The van der Waals surface area contributed by atoms with Crippen LogP contribution >= 0.6 is 11.6 Å². The number of nitrogens with one attached hydrogen (secondary N) is 1. The summed E-state index contributed by atoms with van der Waals surface area (Å²) in [6.07, 6.45) is 0.299. The van der Waals surface area contributed by atoms with Crippen LogP contribution in [0.5, 0.6) is 0 Å². The molecular formula is C10H11ClF2N2. The average Bonchev–Trinajstić information content (AvgIpc) is 2.45. The van der Waals surface area contributed by atoms with E-state index in [2.05, 4.69) is 10.3 Å². The minimum absolute atomic E-state index is 0.0504. The summed E-state index contributed by atoms with van der Waals surface area (Å²) in [4.78, 5) is 3.99. The van der Waals surface area contributed by atoms with Gasteiger partial charge in [0.15, 0.2) is 0 Å². The molecule has 0 aliphatic heterocycles. The fourth-order valence-electron chi connectivity index (χ4n) is 1.77. The summed E-state index contributed by atoms with van der Waals surface area (Å²) in [6, 6.07) is 4.91. The molecule has 2 rings (SSSR count). The molecule has 1 heterocycles. The van der Waals surface area contributed by atoms with Crippen LogP contribution < -0.4 is 5.32 Å². The minimum Gasteiger partial charge on any atom is -0.367 e. The van der Waals surface area contributed by atoms with Crippen molar-refractivity contribution in [1.29, 1.82) is 0 Å². The van der Waals surface area contributed by atoms with Crippen molar-refractivity contribution in [1.82, 2.24) is 4.98 Å². The van der Waals surface area contributed by atoms with Crippen molar-refractivity contribution in [2.24, 2.45) is 0 Å². The fraction of sp³-hybridized carbons (Fsp3) is 0.500. The summed E-state index contributed by atoms with van der Waals surface area (Å²) < 4.78 is 25.8. The standard InChI is InChI=1S/C10H11ClF2N2/c11-8-2-1-3-9(15-8)14-7-4-5-10(12,13)6-7/h1-3,7H,4-6H2,(H,14,15). The van der Waals surface area contributed by atoms with E-state index >= 15 is 0 Å². The molecule has 0 bridgehead atoms. The molecular weight excluding hydrogens is 222 g/mol. The highest BCUT2D eigenvalue weighted by Crippen LogP contribution is 2.36. The van der Waals surface area contributed by atoms with E-state index in [1.807, 2.05) is 0 Å². The van der Waals surface area contributed by atoms with Gasteiger partial charge in [-0.05, 0) is 18.6 Å². The number of aromatic nitrogens is 1. The number of halogens is 3. The number of nitrogens with zero attached hydrogens (tertiary/aromatic N) is 1. The van der Waals surface area contributed by atoms with Crippen molar-refractivity contribution in [3.63, 3.8) is 0 Å². The van der Waals surface area contributed by atoms with E-state index in [-0.39, 0.29) is 18.9 Å². The Balaban J connectivity index is 1.99. The van der Waals surface area contributed by atoms with Crippen LogP contribution in [0.15, 0.2) is 18.2 Å². The van der Waals surface area contributed by atoms with E-state index in [0.29, 0.717) is 17.4 Å². The Hall–Kier alpha value is -0.900. The highest BCUT2D eigenvalue weighted by molar-refractivity contribution is 6.29. The molecule has 1 aliphatic carbocycles. The van der Waals surface area contributed by atoms with Gasteiger partial charge in [0, 0.05) is 18.9 Å². The van der Waals surface area contributed by atoms with Crippen molar-refractivity contribution < 1.29 is 8.78 Å². The van der Waals surface area contributed by atoms with Gasteiger partial charge in [-0.15, -0.1) is 0 Å². The van der Waals surface area contributed by atoms with Crippen LogP contribution in [-0.4, -0.2) is 16.9 Å². The summed E-state index contributed by atoms with van der Waals surface area (Å²) >= 11 is 5.69. The van der Waals surface area contributed by atoms with E-state index in [9.17, 15) is 8.78 Å². The van der Waals surface area contributed by atoms with Crippen LogP contribution in [0.4, 0.5) is 14.6 Å². The lowest BCUT2D eigenvalue weighted by Crippen LogP contribution is -2.19. The van der Waals surface area contributed by atoms with Crippen LogP contribution in [0.25, 0.3) is 0 Å². The second-order valence-corrected chi connectivity index (χ2v) is 4.17. The highest BCUT2D eigenvalue weighted by Gasteiger charge is 2.39. The molecule has 1 aliphatic rings. The number of alkyl halides is 2. The molecule has 0 spiro atoms. The molecule has 0 aromatic carbocycles. The molecule has 1 fully saturated rings. The normalized spacial score (nSPS) is 24.1. The first-order chi connectivity index (χ1) is 7.05. The van der Waals surface area contributed by atoms with Crippen LogP contribution in [0.3, 0.4) is 0 Å². The molecule has 1 aromatic heterocycles. The lowest BCUT2D eigenvalue weighted by atomic mass is 10.2. The van der Waals surface area contributed by atoms with Crippen molar-refractivity contribution in [3.8, 4) is 0 Å². The van der Waals surface area contributed by atoms with Crippen LogP contribution in [0.1, 0.15) is 19.3 Å². The largest absolute Gasteiger partial charge is 0.367 e. The molecule has 15 heavy (non-hydrogen) atoms. The Morgan fingerprint density at radius 1 is 1.47 bits per heavy atom. The quantitative estimate of drug-likeness (QED) is 0.792. The minimum atomic E-state index is -2.53. The molecule has 1 N–H and O–H groups in total. The molecule has 82 valence electrons. The molecule has 1 atom stereocenters. The molecule has 2 nitrogen and oxygen atoms in total. The van der Waals surface area contributed by atoms with Gasteiger partial charge >= 0.3 is 0 Å². The van der Waals surface area contributed by atoms with Crippen molar-refractivity contribution in [2.45, 2.75) is 31.2 Å². The third-order valence-corrected chi connectivity index (χ3v) is 2.68. The summed E-state index contributed by atoms with van der Waals surface area (Å²) in [5, 5.41) is 3.33. The maximum absolute atomic E-state index is 12.9. The van der Waals surface area contributed by atoms with Crippen molar-refractivity contribution in [2.75, 3.05) is 5.32 Å². The lowest BCUT2D eigenvalue weighted by molar-refractivity contribution is 0.00852. The maximum atomic E-state index is 12.9. The van der Waals surface area contributed by atoms with E-state index in [1.165, 1.54) is 0 Å². The second-order valence-electron chi connectivity index (χ2n) is 3.79. The maximum Gasteiger partial charge on any atom is 0.250 e. The lowest BCUT2D eigenvalue weighted by Gasteiger charge is -2.13. The van der Waals surface area contributed by atoms with Crippen molar-refractivity contribution >= 4 is 17.4 Å². The van der Waals surface area contributed by atoms with Gasteiger partial charge in [-0.1, -0.05) is 17.7 Å². The third kappa shape index (κ3) is 2.78. The zero-order chi connectivity index (χ0) is 10.9. The summed E-state index contributed by atoms with van der Waals surface area (Å²) in [6.45, 7) is 0. The number of anilines is 1. The van der Waals surface area contributed by atoms with Crippen LogP contribution in [-0.2, 0) is 0 Å². The first-order valence-corrected chi connectivity index (χ1v) is 5.20. The Morgan fingerprint density at radius 3 is 2.87 bits per heavy atom. The Bertz CT molecular complexity index is 357. The Kier molecular flexibility index (Phi) is 2.78. The number of pyridine rings is 1.